The fourth-order valence-electron chi connectivity index (χ4n) is 1.78. The minimum absolute atomic E-state index is 0.0751. The highest BCUT2D eigenvalue weighted by atomic mass is 79.9. The third-order valence-corrected chi connectivity index (χ3v) is 3.28. The number of methoxy groups -OCH3 is 1. The summed E-state index contributed by atoms with van der Waals surface area (Å²) in [7, 11) is 1.48. The van der Waals surface area contributed by atoms with Gasteiger partial charge >= 0.3 is 6.09 Å². The molecular formula is C16H23BrN2O4. The van der Waals surface area contributed by atoms with Crippen LogP contribution in [0.15, 0.2) is 28.7 Å². The lowest BCUT2D eigenvalue weighted by atomic mass is 10.1. The van der Waals surface area contributed by atoms with E-state index in [9.17, 15) is 9.59 Å². The summed E-state index contributed by atoms with van der Waals surface area (Å²) in [6.45, 7) is 5.37. The van der Waals surface area contributed by atoms with Gasteiger partial charge in [-0.05, 0) is 38.5 Å². The first-order valence-corrected chi connectivity index (χ1v) is 8.01. The van der Waals surface area contributed by atoms with Crippen LogP contribution in [0, 0.1) is 0 Å². The van der Waals surface area contributed by atoms with Gasteiger partial charge in [-0.25, -0.2) is 4.79 Å². The second-order valence-corrected chi connectivity index (χ2v) is 6.92. The highest BCUT2D eigenvalue weighted by molar-refractivity contribution is 9.10. The van der Waals surface area contributed by atoms with Crippen LogP contribution < -0.4 is 10.6 Å². The number of carbonyl (C=O) groups is 2. The number of carbonyl (C=O) groups excluding carboxylic acids is 2. The Bertz CT molecular complexity index is 526. The Kier molecular flexibility index (Phi) is 7.51. The molecule has 0 heterocycles. The maximum absolute atomic E-state index is 12.2. The van der Waals surface area contributed by atoms with E-state index in [4.69, 9.17) is 9.47 Å². The van der Waals surface area contributed by atoms with Gasteiger partial charge in [0.05, 0.1) is 0 Å². The summed E-state index contributed by atoms with van der Waals surface area (Å²) in [4.78, 5) is 24.1. The normalized spacial score (nSPS) is 12.4. The molecule has 0 saturated heterocycles. The highest BCUT2D eigenvalue weighted by Crippen LogP contribution is 2.13. The summed E-state index contributed by atoms with van der Waals surface area (Å²) in [5.74, 6) is -0.333. The molecule has 0 aromatic heterocycles. The molecule has 23 heavy (non-hydrogen) atoms. The average molecular weight is 387 g/mol. The van der Waals surface area contributed by atoms with Crippen molar-refractivity contribution in [1.82, 2.24) is 10.6 Å². The van der Waals surface area contributed by atoms with Crippen molar-refractivity contribution in [3.63, 3.8) is 0 Å². The summed E-state index contributed by atoms with van der Waals surface area (Å²) in [6.07, 6.45) is -0.283. The molecule has 6 nitrogen and oxygen atoms in total. The number of halogens is 1. The molecular weight excluding hydrogens is 364 g/mol. The van der Waals surface area contributed by atoms with E-state index in [0.29, 0.717) is 6.42 Å². The quantitative estimate of drug-likeness (QED) is 0.736. The Hall–Kier alpha value is -1.60. The zero-order chi connectivity index (χ0) is 17.5. The van der Waals surface area contributed by atoms with Crippen LogP contribution in [0.2, 0.25) is 0 Å². The second kappa shape index (κ2) is 8.88. The van der Waals surface area contributed by atoms with Crippen LogP contribution in [0.1, 0.15) is 26.3 Å². The zero-order valence-electron chi connectivity index (χ0n) is 13.8. The number of hydrogen-bond acceptors (Lipinski definition) is 4. The van der Waals surface area contributed by atoms with Crippen molar-refractivity contribution in [2.75, 3.05) is 13.8 Å². The fraction of sp³-hybridized carbons (Fsp3) is 0.500. The lowest BCUT2D eigenvalue weighted by molar-refractivity contribution is -0.124. The van der Waals surface area contributed by atoms with Crippen LogP contribution in [0.3, 0.4) is 0 Å². The smallest absolute Gasteiger partial charge is 0.408 e. The molecule has 0 radical (unpaired) electrons. The first-order valence-electron chi connectivity index (χ1n) is 7.22. The topological polar surface area (TPSA) is 76.7 Å². The number of alkyl carbamates (subject to hydrolysis) is 1. The van der Waals surface area contributed by atoms with Gasteiger partial charge in [0.2, 0.25) is 5.91 Å². The third-order valence-electron chi connectivity index (χ3n) is 2.75. The SMILES string of the molecule is COCNC(=O)C(Cc1ccc(Br)cc1)NC(=O)OC(C)(C)C. The molecule has 0 spiro atoms. The van der Waals surface area contributed by atoms with Crippen LogP contribution >= 0.6 is 15.9 Å². The number of benzene rings is 1. The van der Waals surface area contributed by atoms with Crippen molar-refractivity contribution in [2.45, 2.75) is 38.8 Å². The van der Waals surface area contributed by atoms with Gasteiger partial charge < -0.3 is 20.1 Å². The molecule has 1 aromatic rings. The predicted molar refractivity (Wildman–Crippen MR) is 91.0 cm³/mol. The van der Waals surface area contributed by atoms with E-state index in [1.165, 1.54) is 7.11 Å². The summed E-state index contributed by atoms with van der Waals surface area (Å²) in [5, 5.41) is 5.20. The molecule has 0 fully saturated rings. The number of rotatable bonds is 6. The van der Waals surface area contributed by atoms with Gasteiger partial charge in [0.15, 0.2) is 0 Å². The summed E-state index contributed by atoms with van der Waals surface area (Å²) >= 11 is 3.36. The fourth-order valence-corrected chi connectivity index (χ4v) is 2.05. The van der Waals surface area contributed by atoms with Crippen LogP contribution in [-0.4, -0.2) is 37.5 Å². The molecule has 2 N–H and O–H groups in total. The van der Waals surface area contributed by atoms with Gasteiger partial charge in [0.1, 0.15) is 18.4 Å². The molecule has 0 aliphatic carbocycles. The lowest BCUT2D eigenvalue weighted by Gasteiger charge is -2.23. The Labute approximate surface area is 145 Å². The van der Waals surface area contributed by atoms with E-state index in [0.717, 1.165) is 10.0 Å². The van der Waals surface area contributed by atoms with E-state index in [1.54, 1.807) is 20.8 Å². The predicted octanol–water partition coefficient (Wildman–Crippen LogP) is 2.61. The van der Waals surface area contributed by atoms with Gasteiger partial charge in [-0.2, -0.15) is 0 Å². The lowest BCUT2D eigenvalue weighted by Crippen LogP contribution is -2.49. The van der Waals surface area contributed by atoms with Gasteiger partial charge in [-0.15, -0.1) is 0 Å². The number of nitrogens with one attached hydrogen (secondary N) is 2. The summed E-state index contributed by atoms with van der Waals surface area (Å²) < 4.78 is 11.0. The maximum Gasteiger partial charge on any atom is 0.408 e. The monoisotopic (exact) mass is 386 g/mol. The van der Waals surface area contributed by atoms with Gasteiger partial charge in [0.25, 0.3) is 0 Å². The van der Waals surface area contributed by atoms with E-state index in [1.807, 2.05) is 24.3 Å². The van der Waals surface area contributed by atoms with Gasteiger partial charge in [0, 0.05) is 18.0 Å². The Morgan fingerprint density at radius 3 is 2.35 bits per heavy atom. The maximum atomic E-state index is 12.2. The highest BCUT2D eigenvalue weighted by Gasteiger charge is 2.24. The van der Waals surface area contributed by atoms with Crippen LogP contribution in [0.25, 0.3) is 0 Å². The molecule has 2 amide bonds. The molecule has 0 saturated carbocycles. The largest absolute Gasteiger partial charge is 0.444 e. The van der Waals surface area contributed by atoms with E-state index < -0.39 is 17.7 Å². The van der Waals surface area contributed by atoms with Crippen LogP contribution in [-0.2, 0) is 20.7 Å². The standard InChI is InChI=1S/C16H23BrN2O4/c1-16(2,3)23-15(21)19-13(14(20)18-10-22-4)9-11-5-7-12(17)8-6-11/h5-8,13H,9-10H2,1-4H3,(H,18,20)(H,19,21). The molecule has 1 aromatic carbocycles. The zero-order valence-corrected chi connectivity index (χ0v) is 15.4. The van der Waals surface area contributed by atoms with Crippen molar-refractivity contribution in [3.8, 4) is 0 Å². The Balaban J connectivity index is 2.77. The molecule has 0 aliphatic heterocycles. The molecule has 1 atom stereocenters. The van der Waals surface area contributed by atoms with Gasteiger partial charge in [-0.3, -0.25) is 4.79 Å². The molecule has 7 heteroatoms. The van der Waals surface area contributed by atoms with Crippen molar-refractivity contribution in [2.24, 2.45) is 0 Å². The number of amides is 2. The molecule has 0 aliphatic rings. The van der Waals surface area contributed by atoms with Crippen molar-refractivity contribution >= 4 is 27.9 Å². The third kappa shape index (κ3) is 7.99. The first-order chi connectivity index (χ1) is 10.7. The molecule has 0 bridgehead atoms. The van der Waals surface area contributed by atoms with Crippen molar-refractivity contribution in [1.29, 1.82) is 0 Å². The van der Waals surface area contributed by atoms with E-state index >= 15 is 0 Å². The van der Waals surface area contributed by atoms with Crippen molar-refractivity contribution in [3.05, 3.63) is 34.3 Å². The number of ether oxygens (including phenoxy) is 2. The minimum atomic E-state index is -0.749. The van der Waals surface area contributed by atoms with E-state index in [2.05, 4.69) is 26.6 Å². The molecule has 128 valence electrons. The Morgan fingerprint density at radius 2 is 1.83 bits per heavy atom. The minimum Gasteiger partial charge on any atom is -0.444 e. The Morgan fingerprint density at radius 1 is 1.22 bits per heavy atom. The first kappa shape index (κ1) is 19.4. The van der Waals surface area contributed by atoms with Crippen molar-refractivity contribution < 1.29 is 19.1 Å². The van der Waals surface area contributed by atoms with Crippen LogP contribution in [0.4, 0.5) is 4.79 Å². The molecule has 1 unspecified atom stereocenters. The molecule has 1 rings (SSSR count). The number of hydrogen-bond donors (Lipinski definition) is 2. The average Bonchev–Trinajstić information content (AvgIpc) is 2.44. The van der Waals surface area contributed by atoms with Gasteiger partial charge in [-0.1, -0.05) is 28.1 Å². The van der Waals surface area contributed by atoms with Crippen LogP contribution in [0.5, 0.6) is 0 Å². The second-order valence-electron chi connectivity index (χ2n) is 6.00. The summed E-state index contributed by atoms with van der Waals surface area (Å²) in [5.41, 5.74) is 0.289. The van der Waals surface area contributed by atoms with E-state index in [-0.39, 0.29) is 12.6 Å². The summed E-state index contributed by atoms with van der Waals surface area (Å²) in [6, 6.07) is 6.79.